The second-order valence-corrected chi connectivity index (χ2v) is 9.78. The van der Waals surface area contributed by atoms with Crippen LogP contribution in [0.5, 0.6) is 5.75 Å². The van der Waals surface area contributed by atoms with Gasteiger partial charge in [0.1, 0.15) is 17.4 Å². The molecular weight excluding hydrogens is 437 g/mol. The number of hydrogen-bond donors (Lipinski definition) is 2. The second-order valence-electron chi connectivity index (χ2n) is 8.64. The fourth-order valence-electron chi connectivity index (χ4n) is 4.62. The van der Waals surface area contributed by atoms with Gasteiger partial charge in [-0.2, -0.15) is 0 Å². The molecule has 2 aromatic heterocycles. The largest absolute Gasteiger partial charge is 0.497 e. The third-order valence-electron chi connectivity index (χ3n) is 6.54. The van der Waals surface area contributed by atoms with Gasteiger partial charge in [-0.15, -0.1) is 11.8 Å². The molecule has 6 nitrogen and oxygen atoms in total. The van der Waals surface area contributed by atoms with Gasteiger partial charge in [-0.25, -0.2) is 9.37 Å². The minimum atomic E-state index is -0.238. The van der Waals surface area contributed by atoms with Crippen LogP contribution in [0.15, 0.2) is 41.4 Å². The van der Waals surface area contributed by atoms with Crippen molar-refractivity contribution in [2.24, 2.45) is 0 Å². The first-order valence-corrected chi connectivity index (χ1v) is 12.6. The molecule has 0 spiro atoms. The lowest BCUT2D eigenvalue weighted by Crippen LogP contribution is -2.43. The van der Waals surface area contributed by atoms with E-state index in [9.17, 15) is 4.39 Å². The molecule has 0 aliphatic carbocycles. The van der Waals surface area contributed by atoms with Crippen molar-refractivity contribution in [3.63, 3.8) is 0 Å². The smallest absolute Gasteiger partial charge is 0.145 e. The van der Waals surface area contributed by atoms with Crippen molar-refractivity contribution in [1.29, 1.82) is 0 Å². The van der Waals surface area contributed by atoms with Crippen molar-refractivity contribution in [3.8, 4) is 5.75 Å². The molecule has 4 heterocycles. The van der Waals surface area contributed by atoms with Gasteiger partial charge in [0, 0.05) is 47.3 Å². The first-order chi connectivity index (χ1) is 16.2. The van der Waals surface area contributed by atoms with Crippen molar-refractivity contribution >= 4 is 28.5 Å². The average molecular weight is 468 g/mol. The topological polar surface area (TPSA) is 62.3 Å². The maximum absolute atomic E-state index is 14.6. The number of pyridine rings is 2. The summed E-state index contributed by atoms with van der Waals surface area (Å²) < 4.78 is 19.9. The number of ether oxygens (including phenoxy) is 1. The van der Waals surface area contributed by atoms with Gasteiger partial charge in [0.2, 0.25) is 0 Å². The normalized spacial score (nSPS) is 17.0. The van der Waals surface area contributed by atoms with Crippen LogP contribution >= 0.6 is 11.8 Å². The first-order valence-electron chi connectivity index (χ1n) is 11.6. The van der Waals surface area contributed by atoms with Gasteiger partial charge in [-0.05, 0) is 62.7 Å². The maximum Gasteiger partial charge on any atom is 0.145 e. The zero-order valence-corrected chi connectivity index (χ0v) is 19.8. The molecule has 1 aromatic carbocycles. The van der Waals surface area contributed by atoms with Gasteiger partial charge < -0.3 is 20.3 Å². The van der Waals surface area contributed by atoms with E-state index in [2.05, 4.69) is 32.7 Å². The van der Waals surface area contributed by atoms with E-state index in [0.717, 1.165) is 85.0 Å². The number of methoxy groups -OCH3 is 1. The minimum Gasteiger partial charge on any atom is -0.497 e. The second kappa shape index (κ2) is 10.2. The molecule has 0 saturated carbocycles. The molecule has 8 heteroatoms. The number of rotatable bonds is 7. The SMILES string of the molecule is COc1ccc2ncc(F)c(CCN3CCC(NCc4ccc5c(n4)NCCS5)CC3)c2c1. The Morgan fingerprint density at radius 2 is 2.12 bits per heavy atom. The molecular formula is C25H30FN5OS. The van der Waals surface area contributed by atoms with E-state index in [1.165, 1.54) is 11.1 Å². The van der Waals surface area contributed by atoms with Crippen molar-refractivity contribution in [2.45, 2.75) is 36.7 Å². The van der Waals surface area contributed by atoms with Crippen LogP contribution in [0.1, 0.15) is 24.1 Å². The number of benzene rings is 1. The summed E-state index contributed by atoms with van der Waals surface area (Å²) in [6, 6.07) is 10.4. The number of anilines is 1. The van der Waals surface area contributed by atoms with E-state index >= 15 is 0 Å². The van der Waals surface area contributed by atoms with E-state index in [1.54, 1.807) is 7.11 Å². The quantitative estimate of drug-likeness (QED) is 0.543. The Bertz CT molecular complexity index is 1120. The molecule has 2 aliphatic heterocycles. The van der Waals surface area contributed by atoms with Crippen LogP contribution in [0.2, 0.25) is 0 Å². The Morgan fingerprint density at radius 3 is 2.97 bits per heavy atom. The van der Waals surface area contributed by atoms with E-state index < -0.39 is 0 Å². The minimum absolute atomic E-state index is 0.238. The van der Waals surface area contributed by atoms with Gasteiger partial charge in [-0.3, -0.25) is 4.98 Å². The molecule has 33 heavy (non-hydrogen) atoms. The molecule has 0 bridgehead atoms. The number of hydrogen-bond acceptors (Lipinski definition) is 7. The summed E-state index contributed by atoms with van der Waals surface area (Å²) in [5.41, 5.74) is 2.62. The summed E-state index contributed by atoms with van der Waals surface area (Å²) in [4.78, 5) is 12.7. The zero-order valence-electron chi connectivity index (χ0n) is 18.9. The molecule has 174 valence electrons. The predicted octanol–water partition coefficient (Wildman–Crippen LogP) is 4.09. The monoisotopic (exact) mass is 467 g/mol. The van der Waals surface area contributed by atoms with E-state index in [0.29, 0.717) is 12.5 Å². The molecule has 5 rings (SSSR count). The van der Waals surface area contributed by atoms with Gasteiger partial charge in [0.25, 0.3) is 0 Å². The Kier molecular flexibility index (Phi) is 6.94. The Balaban J connectivity index is 1.13. The molecule has 0 atom stereocenters. The lowest BCUT2D eigenvalue weighted by atomic mass is 10.0. The third kappa shape index (κ3) is 5.23. The Morgan fingerprint density at radius 1 is 1.24 bits per heavy atom. The number of likely N-dealkylation sites (tertiary alicyclic amines) is 1. The van der Waals surface area contributed by atoms with Gasteiger partial charge in [0.05, 0.1) is 24.5 Å². The molecule has 1 fully saturated rings. The maximum atomic E-state index is 14.6. The van der Waals surface area contributed by atoms with Crippen molar-refractivity contribution in [3.05, 3.63) is 53.6 Å². The lowest BCUT2D eigenvalue weighted by molar-refractivity contribution is 0.198. The van der Waals surface area contributed by atoms with Gasteiger partial charge in [-0.1, -0.05) is 0 Å². The fourth-order valence-corrected chi connectivity index (χ4v) is 5.46. The summed E-state index contributed by atoms with van der Waals surface area (Å²) in [5, 5.41) is 7.91. The molecule has 0 radical (unpaired) electrons. The van der Waals surface area contributed by atoms with E-state index in [-0.39, 0.29) is 5.82 Å². The molecule has 0 amide bonds. The van der Waals surface area contributed by atoms with Crippen LogP contribution in [-0.2, 0) is 13.0 Å². The van der Waals surface area contributed by atoms with Crippen molar-refractivity contribution in [1.82, 2.24) is 20.2 Å². The highest BCUT2D eigenvalue weighted by atomic mass is 32.2. The molecule has 0 unspecified atom stereocenters. The van der Waals surface area contributed by atoms with Crippen LogP contribution in [0, 0.1) is 5.82 Å². The Labute approximate surface area is 198 Å². The number of aromatic nitrogens is 2. The number of nitrogens with one attached hydrogen (secondary N) is 2. The summed E-state index contributed by atoms with van der Waals surface area (Å²) in [6.07, 6.45) is 4.18. The number of thioether (sulfide) groups is 1. The van der Waals surface area contributed by atoms with Crippen molar-refractivity contribution < 1.29 is 9.13 Å². The zero-order chi connectivity index (χ0) is 22.6. The van der Waals surface area contributed by atoms with Gasteiger partial charge >= 0.3 is 0 Å². The first kappa shape index (κ1) is 22.4. The Hall–Kier alpha value is -2.42. The molecule has 2 aliphatic rings. The standard InChI is InChI=1S/C25H30FN5OS/c1-32-19-3-4-23-21(14-19)20(22(26)16-29-23)8-12-31-10-6-17(7-11-31)28-15-18-2-5-24-25(30-18)27-9-13-33-24/h2-5,14,16-17,28H,6-13,15H2,1H3,(H,27,30). The van der Waals surface area contributed by atoms with Crippen LogP contribution in [-0.4, -0.2) is 60.0 Å². The predicted molar refractivity (Wildman–Crippen MR) is 132 cm³/mol. The summed E-state index contributed by atoms with van der Waals surface area (Å²) in [6.45, 7) is 4.64. The average Bonchev–Trinajstić information content (AvgIpc) is 2.87. The van der Waals surface area contributed by atoms with E-state index in [4.69, 9.17) is 9.72 Å². The number of piperidine rings is 1. The molecule has 3 aromatic rings. The number of halogens is 1. The highest BCUT2D eigenvalue weighted by Crippen LogP contribution is 2.29. The van der Waals surface area contributed by atoms with E-state index in [1.807, 2.05) is 30.0 Å². The summed E-state index contributed by atoms with van der Waals surface area (Å²) in [5.74, 6) is 2.61. The van der Waals surface area contributed by atoms with Gasteiger partial charge in [0.15, 0.2) is 0 Å². The summed E-state index contributed by atoms with van der Waals surface area (Å²) >= 11 is 1.87. The lowest BCUT2D eigenvalue weighted by Gasteiger charge is -2.32. The van der Waals surface area contributed by atoms with Crippen LogP contribution in [0.25, 0.3) is 10.9 Å². The molecule has 1 saturated heterocycles. The fraction of sp³-hybridized carbons (Fsp3) is 0.440. The van der Waals surface area contributed by atoms with Crippen LogP contribution in [0.3, 0.4) is 0 Å². The third-order valence-corrected chi connectivity index (χ3v) is 7.59. The highest BCUT2D eigenvalue weighted by Gasteiger charge is 2.20. The highest BCUT2D eigenvalue weighted by molar-refractivity contribution is 7.99. The summed E-state index contributed by atoms with van der Waals surface area (Å²) in [7, 11) is 1.63. The van der Waals surface area contributed by atoms with Crippen molar-refractivity contribution in [2.75, 3.05) is 44.4 Å². The number of fused-ring (bicyclic) bond motifs is 2. The van der Waals surface area contributed by atoms with Crippen LogP contribution < -0.4 is 15.4 Å². The van der Waals surface area contributed by atoms with Crippen LogP contribution in [0.4, 0.5) is 10.2 Å². The molecule has 2 N–H and O–H groups in total. The number of nitrogens with zero attached hydrogens (tertiary/aromatic N) is 3.